The summed E-state index contributed by atoms with van der Waals surface area (Å²) in [4.78, 5) is 0. The van der Waals surface area contributed by atoms with Crippen LogP contribution in [0.4, 0.5) is 0 Å². The molecule has 116 valence electrons. The van der Waals surface area contributed by atoms with Gasteiger partial charge in [-0.2, -0.15) is 0 Å². The third-order valence-electron chi connectivity index (χ3n) is 4.07. The van der Waals surface area contributed by atoms with Crippen LogP contribution in [0.2, 0.25) is 0 Å². The van der Waals surface area contributed by atoms with Gasteiger partial charge in [-0.05, 0) is 36.1 Å². The molecule has 0 unspecified atom stereocenters. The number of aryl methyl sites for hydroxylation is 2. The molecule has 3 aromatic rings. The zero-order valence-electron chi connectivity index (χ0n) is 13.9. The number of hydrogen-bond acceptors (Lipinski definition) is 0. The van der Waals surface area contributed by atoms with Gasteiger partial charge in [0.25, 0.3) is 0 Å². The van der Waals surface area contributed by atoms with Gasteiger partial charge in [-0.1, -0.05) is 73.7 Å². The lowest BCUT2D eigenvalue weighted by molar-refractivity contribution is 0.678. The van der Waals surface area contributed by atoms with Gasteiger partial charge < -0.3 is 4.57 Å². The number of benzene rings is 2. The first kappa shape index (κ1) is 15.4. The van der Waals surface area contributed by atoms with Crippen molar-refractivity contribution in [1.29, 1.82) is 0 Å². The Kier molecular flexibility index (Phi) is 4.77. The predicted molar refractivity (Wildman–Crippen MR) is 100 cm³/mol. The Morgan fingerprint density at radius 2 is 1.52 bits per heavy atom. The summed E-state index contributed by atoms with van der Waals surface area (Å²) in [6, 6.07) is 21.2. The molecule has 0 aliphatic carbocycles. The van der Waals surface area contributed by atoms with Gasteiger partial charge in [0.2, 0.25) is 0 Å². The van der Waals surface area contributed by atoms with Crippen LogP contribution in [0.3, 0.4) is 0 Å². The van der Waals surface area contributed by atoms with Crippen molar-refractivity contribution in [3.8, 4) is 11.1 Å². The summed E-state index contributed by atoms with van der Waals surface area (Å²) >= 11 is 0. The fraction of sp³-hybridized carbons (Fsp3) is 0.182. The molecule has 3 rings (SSSR count). The first-order valence-corrected chi connectivity index (χ1v) is 8.28. The zero-order chi connectivity index (χ0) is 16.1. The summed E-state index contributed by atoms with van der Waals surface area (Å²) in [7, 11) is 0. The molecule has 0 N–H and O–H groups in total. The van der Waals surface area contributed by atoms with E-state index in [9.17, 15) is 0 Å². The van der Waals surface area contributed by atoms with Crippen molar-refractivity contribution in [2.24, 2.45) is 0 Å². The van der Waals surface area contributed by atoms with E-state index >= 15 is 0 Å². The van der Waals surface area contributed by atoms with E-state index in [1.54, 1.807) is 0 Å². The van der Waals surface area contributed by atoms with Crippen LogP contribution < -0.4 is 0 Å². The summed E-state index contributed by atoms with van der Waals surface area (Å²) in [5.74, 6) is 0. The van der Waals surface area contributed by atoms with Gasteiger partial charge in [-0.3, -0.25) is 0 Å². The Morgan fingerprint density at radius 3 is 2.17 bits per heavy atom. The minimum Gasteiger partial charge on any atom is -0.347 e. The standard InChI is InChI=1S/C22H23N/c1-3-16-23-17-18(2)22(20-12-8-5-9-13-20)21(23)15-14-19-10-6-4-7-11-19/h4-15,17H,3,16H2,1-2H3/b15-14+. The number of aromatic nitrogens is 1. The lowest BCUT2D eigenvalue weighted by Gasteiger charge is -2.08. The molecule has 0 saturated heterocycles. The van der Waals surface area contributed by atoms with E-state index in [-0.39, 0.29) is 0 Å². The minimum absolute atomic E-state index is 1.04. The molecule has 1 heterocycles. The highest BCUT2D eigenvalue weighted by molar-refractivity contribution is 5.81. The topological polar surface area (TPSA) is 4.93 Å². The normalized spacial score (nSPS) is 11.2. The smallest absolute Gasteiger partial charge is 0.0489 e. The molecular weight excluding hydrogens is 278 g/mol. The van der Waals surface area contributed by atoms with Crippen LogP contribution in [0.5, 0.6) is 0 Å². The molecule has 0 saturated carbocycles. The van der Waals surface area contributed by atoms with Crippen LogP contribution in [0.1, 0.15) is 30.2 Å². The highest BCUT2D eigenvalue weighted by Gasteiger charge is 2.12. The van der Waals surface area contributed by atoms with Gasteiger partial charge in [-0.25, -0.2) is 0 Å². The summed E-state index contributed by atoms with van der Waals surface area (Å²) in [5, 5.41) is 0. The molecule has 1 nitrogen and oxygen atoms in total. The number of hydrogen-bond donors (Lipinski definition) is 0. The molecule has 1 heteroatoms. The lowest BCUT2D eigenvalue weighted by Crippen LogP contribution is -1.97. The highest BCUT2D eigenvalue weighted by atomic mass is 15.0. The Hall–Kier alpha value is -2.54. The Bertz CT molecular complexity index is 780. The van der Waals surface area contributed by atoms with Crippen molar-refractivity contribution >= 4 is 12.2 Å². The van der Waals surface area contributed by atoms with Crippen molar-refractivity contribution in [3.63, 3.8) is 0 Å². The maximum atomic E-state index is 2.37. The van der Waals surface area contributed by atoms with Crippen molar-refractivity contribution < 1.29 is 0 Å². The van der Waals surface area contributed by atoms with Crippen LogP contribution in [-0.4, -0.2) is 4.57 Å². The molecule has 0 aliphatic rings. The average molecular weight is 301 g/mol. The largest absolute Gasteiger partial charge is 0.347 e. The maximum absolute atomic E-state index is 2.37. The monoisotopic (exact) mass is 301 g/mol. The molecule has 0 fully saturated rings. The molecule has 23 heavy (non-hydrogen) atoms. The third-order valence-corrected chi connectivity index (χ3v) is 4.07. The molecule has 1 aromatic heterocycles. The third kappa shape index (κ3) is 3.45. The van der Waals surface area contributed by atoms with Crippen LogP contribution in [-0.2, 0) is 6.54 Å². The van der Waals surface area contributed by atoms with Gasteiger partial charge in [-0.15, -0.1) is 0 Å². The van der Waals surface area contributed by atoms with Gasteiger partial charge in [0.05, 0.1) is 0 Å². The average Bonchev–Trinajstić information content (AvgIpc) is 2.90. The summed E-state index contributed by atoms with van der Waals surface area (Å²) in [5.41, 5.74) is 6.48. The lowest BCUT2D eigenvalue weighted by atomic mass is 10.0. The molecule has 0 spiro atoms. The highest BCUT2D eigenvalue weighted by Crippen LogP contribution is 2.30. The Balaban J connectivity index is 2.08. The van der Waals surface area contributed by atoms with Crippen molar-refractivity contribution in [2.75, 3.05) is 0 Å². The van der Waals surface area contributed by atoms with E-state index in [0.29, 0.717) is 0 Å². The Morgan fingerprint density at radius 1 is 0.870 bits per heavy atom. The fourth-order valence-electron chi connectivity index (χ4n) is 3.04. The summed E-state index contributed by atoms with van der Waals surface area (Å²) in [6.45, 7) is 5.47. The second-order valence-corrected chi connectivity index (χ2v) is 5.88. The van der Waals surface area contributed by atoms with Crippen molar-refractivity contribution in [3.05, 3.63) is 83.7 Å². The predicted octanol–water partition coefficient (Wildman–Crippen LogP) is 6.04. The SMILES string of the molecule is CCCn1cc(C)c(-c2ccccc2)c1/C=C/c1ccccc1. The van der Waals surface area contributed by atoms with Crippen LogP contribution >= 0.6 is 0 Å². The molecule has 2 aromatic carbocycles. The van der Waals surface area contributed by atoms with Crippen LogP contribution in [0.15, 0.2) is 66.9 Å². The fourth-order valence-corrected chi connectivity index (χ4v) is 3.04. The summed E-state index contributed by atoms with van der Waals surface area (Å²) < 4.78 is 2.37. The van der Waals surface area contributed by atoms with E-state index in [4.69, 9.17) is 0 Å². The van der Waals surface area contributed by atoms with E-state index < -0.39 is 0 Å². The van der Waals surface area contributed by atoms with Crippen molar-refractivity contribution in [1.82, 2.24) is 4.57 Å². The number of rotatable bonds is 5. The molecule has 0 atom stereocenters. The second kappa shape index (κ2) is 7.15. The second-order valence-electron chi connectivity index (χ2n) is 5.88. The zero-order valence-corrected chi connectivity index (χ0v) is 13.9. The Labute approximate surface area is 138 Å². The maximum Gasteiger partial charge on any atom is 0.0489 e. The molecular formula is C22H23N. The quantitative estimate of drug-likeness (QED) is 0.541. The van der Waals surface area contributed by atoms with Gasteiger partial charge in [0.1, 0.15) is 0 Å². The van der Waals surface area contributed by atoms with Gasteiger partial charge >= 0.3 is 0 Å². The van der Waals surface area contributed by atoms with Gasteiger partial charge in [0, 0.05) is 24.0 Å². The minimum atomic E-state index is 1.04. The van der Waals surface area contributed by atoms with E-state index in [1.807, 2.05) is 0 Å². The number of nitrogens with zero attached hydrogens (tertiary/aromatic N) is 1. The summed E-state index contributed by atoms with van der Waals surface area (Å²) in [6.07, 6.45) is 7.86. The first-order chi connectivity index (χ1) is 11.3. The van der Waals surface area contributed by atoms with E-state index in [0.717, 1.165) is 13.0 Å². The van der Waals surface area contributed by atoms with Crippen molar-refractivity contribution in [2.45, 2.75) is 26.8 Å². The molecule has 0 aliphatic heterocycles. The van der Waals surface area contributed by atoms with Gasteiger partial charge in [0.15, 0.2) is 0 Å². The van der Waals surface area contributed by atoms with Crippen LogP contribution in [0.25, 0.3) is 23.3 Å². The van der Waals surface area contributed by atoms with E-state index in [2.05, 4.69) is 97.4 Å². The van der Waals surface area contributed by atoms with Crippen LogP contribution in [0, 0.1) is 6.92 Å². The molecule has 0 amide bonds. The first-order valence-electron chi connectivity index (χ1n) is 8.28. The van der Waals surface area contributed by atoms with E-state index in [1.165, 1.54) is 27.9 Å². The molecule has 0 radical (unpaired) electrons. The molecule has 0 bridgehead atoms.